The molecule has 3 atom stereocenters. The second kappa shape index (κ2) is 5.91. The van der Waals surface area contributed by atoms with Gasteiger partial charge in [-0.3, -0.25) is 4.57 Å². The average molecular weight is 417 g/mol. The zero-order chi connectivity index (χ0) is 17.9. The largest absolute Gasteiger partial charge is 0.347 e. The minimum Gasteiger partial charge on any atom is -0.347 e. The topological polar surface area (TPSA) is 36.3 Å². The fourth-order valence-corrected chi connectivity index (χ4v) is 6.28. The van der Waals surface area contributed by atoms with Crippen LogP contribution in [0.25, 0.3) is 5.69 Å². The Bertz CT molecular complexity index is 828. The van der Waals surface area contributed by atoms with Gasteiger partial charge >= 0.3 is 0 Å². The van der Waals surface area contributed by atoms with E-state index in [1.807, 2.05) is 0 Å². The smallest absolute Gasteiger partial charge is 0.182 e. The molecule has 2 heterocycles. The average Bonchev–Trinajstić information content (AvgIpc) is 3.25. The van der Waals surface area contributed by atoms with Crippen LogP contribution in [-0.2, 0) is 21.3 Å². The van der Waals surface area contributed by atoms with Gasteiger partial charge in [0, 0.05) is 29.1 Å². The first-order valence-electron chi connectivity index (χ1n) is 9.66. The van der Waals surface area contributed by atoms with Gasteiger partial charge in [0.2, 0.25) is 0 Å². The first-order chi connectivity index (χ1) is 12.6. The number of nitrogens with zero attached hydrogens (tertiary/aromatic N) is 2. The number of hydrogen-bond donors (Lipinski definition) is 0. The predicted octanol–water partition coefficient (Wildman–Crippen LogP) is 4.63. The summed E-state index contributed by atoms with van der Waals surface area (Å²) in [5, 5.41) is 0. The summed E-state index contributed by atoms with van der Waals surface area (Å²) >= 11 is 3.73. The number of hydrogen-bond acceptors (Lipinski definition) is 3. The van der Waals surface area contributed by atoms with E-state index in [1.54, 1.807) is 0 Å². The zero-order valence-electron chi connectivity index (χ0n) is 15.4. The Morgan fingerprint density at radius 2 is 1.88 bits per heavy atom. The quantitative estimate of drug-likeness (QED) is 0.679. The Labute approximate surface area is 163 Å². The van der Waals surface area contributed by atoms with Crippen LogP contribution in [0.2, 0.25) is 0 Å². The molecule has 0 radical (unpaired) electrons. The number of benzene rings is 1. The molecule has 1 spiro atoms. The minimum atomic E-state index is -0.360. The number of ether oxygens (including phenoxy) is 2. The number of imidazole rings is 1. The number of para-hydroxylation sites is 1. The Kier molecular flexibility index (Phi) is 3.86. The minimum absolute atomic E-state index is 0.0795. The van der Waals surface area contributed by atoms with Gasteiger partial charge in [0.1, 0.15) is 0 Å². The lowest BCUT2D eigenvalue weighted by Crippen LogP contribution is -2.55. The van der Waals surface area contributed by atoms with Crippen LogP contribution in [0.4, 0.5) is 0 Å². The van der Waals surface area contributed by atoms with Crippen LogP contribution in [0.1, 0.15) is 44.5 Å². The number of halogens is 1. The van der Waals surface area contributed by atoms with Gasteiger partial charge in [-0.1, -0.05) is 32.0 Å². The Hall–Kier alpha value is -1.17. The second-order valence-electron chi connectivity index (χ2n) is 8.21. The molecule has 0 N–H and O–H groups in total. The highest BCUT2D eigenvalue weighted by molar-refractivity contribution is 9.10. The zero-order valence-corrected chi connectivity index (χ0v) is 17.0. The van der Waals surface area contributed by atoms with E-state index in [4.69, 9.17) is 14.5 Å². The third-order valence-electron chi connectivity index (χ3n) is 7.06. The third-order valence-corrected chi connectivity index (χ3v) is 7.60. The standard InChI is InChI=1S/C21H25BrN2O2/c1-14-16-8-9-17-18(20(16,2)10-11-21(14)25-12-13-26-21)23-19(22)24(17)15-6-4-3-5-7-15/h3-7,14,16H,8-13H2,1-2H3/t14-,16-,20-/m1/s1. The van der Waals surface area contributed by atoms with Crippen molar-refractivity contribution in [2.24, 2.45) is 11.8 Å². The first-order valence-corrected chi connectivity index (χ1v) is 10.5. The Morgan fingerprint density at radius 3 is 2.62 bits per heavy atom. The van der Waals surface area contributed by atoms with Gasteiger partial charge in [-0.15, -0.1) is 0 Å². The van der Waals surface area contributed by atoms with E-state index >= 15 is 0 Å². The molecule has 3 aliphatic rings. The Balaban J connectivity index is 1.58. The van der Waals surface area contributed by atoms with Crippen molar-refractivity contribution in [3.05, 3.63) is 46.5 Å². The molecule has 1 aromatic carbocycles. The molecule has 1 saturated heterocycles. The SMILES string of the molecule is C[C@@H]1[C@H]2CCc3c(nc(Br)n3-c3ccccc3)[C@]2(C)CCC12OCCO2. The third kappa shape index (κ3) is 2.23. The van der Waals surface area contributed by atoms with Gasteiger partial charge in [0.25, 0.3) is 0 Å². The molecule has 5 rings (SSSR count). The molecule has 2 aliphatic carbocycles. The van der Waals surface area contributed by atoms with Crippen molar-refractivity contribution in [2.75, 3.05) is 13.2 Å². The van der Waals surface area contributed by atoms with Crippen LogP contribution in [0.15, 0.2) is 35.1 Å². The van der Waals surface area contributed by atoms with Gasteiger partial charge in [-0.25, -0.2) is 4.98 Å². The molecule has 0 unspecified atom stereocenters. The maximum atomic E-state index is 6.12. The molecule has 2 fully saturated rings. The van der Waals surface area contributed by atoms with Crippen molar-refractivity contribution in [1.29, 1.82) is 0 Å². The summed E-state index contributed by atoms with van der Waals surface area (Å²) in [7, 11) is 0. The van der Waals surface area contributed by atoms with Crippen molar-refractivity contribution in [1.82, 2.24) is 9.55 Å². The fourth-order valence-electron chi connectivity index (χ4n) is 5.69. The van der Waals surface area contributed by atoms with E-state index < -0.39 is 0 Å². The van der Waals surface area contributed by atoms with Crippen molar-refractivity contribution in [2.45, 2.75) is 50.7 Å². The predicted molar refractivity (Wildman–Crippen MR) is 103 cm³/mol. The van der Waals surface area contributed by atoms with Crippen LogP contribution in [0, 0.1) is 11.8 Å². The molecule has 1 saturated carbocycles. The monoisotopic (exact) mass is 416 g/mol. The summed E-state index contributed by atoms with van der Waals surface area (Å²) in [4.78, 5) is 5.03. The highest BCUT2D eigenvalue weighted by Crippen LogP contribution is 2.57. The number of aromatic nitrogens is 2. The van der Waals surface area contributed by atoms with E-state index in [1.165, 1.54) is 17.1 Å². The lowest BCUT2D eigenvalue weighted by Gasteiger charge is -2.53. The molecule has 2 aromatic rings. The summed E-state index contributed by atoms with van der Waals surface area (Å²) in [6.07, 6.45) is 4.22. The highest BCUT2D eigenvalue weighted by atomic mass is 79.9. The van der Waals surface area contributed by atoms with Crippen LogP contribution < -0.4 is 0 Å². The van der Waals surface area contributed by atoms with Crippen LogP contribution in [-0.4, -0.2) is 28.6 Å². The normalized spacial score (nSPS) is 32.4. The van der Waals surface area contributed by atoms with Gasteiger partial charge < -0.3 is 9.47 Å². The van der Waals surface area contributed by atoms with Gasteiger partial charge in [-0.05, 0) is 53.2 Å². The first kappa shape index (κ1) is 17.0. The number of rotatable bonds is 1. The van der Waals surface area contributed by atoms with Gasteiger partial charge in [-0.2, -0.15) is 0 Å². The summed E-state index contributed by atoms with van der Waals surface area (Å²) in [5.74, 6) is 0.561. The molecule has 26 heavy (non-hydrogen) atoms. The maximum absolute atomic E-state index is 6.12. The van der Waals surface area contributed by atoms with Crippen molar-refractivity contribution in [3.63, 3.8) is 0 Å². The second-order valence-corrected chi connectivity index (χ2v) is 8.92. The van der Waals surface area contributed by atoms with Crippen LogP contribution >= 0.6 is 15.9 Å². The van der Waals surface area contributed by atoms with E-state index in [0.29, 0.717) is 11.8 Å². The molecular formula is C21H25BrN2O2. The summed E-state index contributed by atoms with van der Waals surface area (Å²) in [6, 6.07) is 10.5. The van der Waals surface area contributed by atoms with Crippen LogP contribution in [0.5, 0.6) is 0 Å². The van der Waals surface area contributed by atoms with Crippen LogP contribution in [0.3, 0.4) is 0 Å². The molecule has 5 heteroatoms. The van der Waals surface area contributed by atoms with Gasteiger partial charge in [0.05, 0.1) is 18.9 Å². The van der Waals surface area contributed by atoms with Crippen molar-refractivity contribution >= 4 is 15.9 Å². The maximum Gasteiger partial charge on any atom is 0.182 e. The summed E-state index contributed by atoms with van der Waals surface area (Å²) < 4.78 is 15.4. The molecule has 1 aliphatic heterocycles. The van der Waals surface area contributed by atoms with Gasteiger partial charge in [0.15, 0.2) is 10.5 Å². The molecule has 4 nitrogen and oxygen atoms in total. The van der Waals surface area contributed by atoms with Crippen molar-refractivity contribution < 1.29 is 9.47 Å². The van der Waals surface area contributed by atoms with E-state index in [2.05, 4.69) is 64.7 Å². The highest BCUT2D eigenvalue weighted by Gasteiger charge is 2.58. The van der Waals surface area contributed by atoms with E-state index in [9.17, 15) is 0 Å². The molecule has 0 bridgehead atoms. The fraction of sp³-hybridized carbons (Fsp3) is 0.571. The molecule has 1 aromatic heterocycles. The summed E-state index contributed by atoms with van der Waals surface area (Å²) in [5.41, 5.74) is 3.89. The van der Waals surface area contributed by atoms with E-state index in [-0.39, 0.29) is 11.2 Å². The Morgan fingerprint density at radius 1 is 1.15 bits per heavy atom. The van der Waals surface area contributed by atoms with Crippen molar-refractivity contribution in [3.8, 4) is 5.69 Å². The molecular weight excluding hydrogens is 392 g/mol. The lowest BCUT2D eigenvalue weighted by atomic mass is 9.55. The molecule has 138 valence electrons. The number of fused-ring (bicyclic) bond motifs is 3. The van der Waals surface area contributed by atoms with E-state index in [0.717, 1.165) is 43.6 Å². The summed E-state index contributed by atoms with van der Waals surface area (Å²) in [6.45, 7) is 6.19. The molecule has 0 amide bonds. The lowest BCUT2D eigenvalue weighted by molar-refractivity contribution is -0.234.